The highest BCUT2D eigenvalue weighted by molar-refractivity contribution is 7.66. The predicted molar refractivity (Wildman–Crippen MR) is 101 cm³/mol. The molecule has 7 N–H and O–H groups in total. The summed E-state index contributed by atoms with van der Waals surface area (Å²) < 4.78 is 52.4. The van der Waals surface area contributed by atoms with Crippen molar-refractivity contribution in [1.82, 2.24) is 9.55 Å². The molecule has 3 unspecified atom stereocenters. The van der Waals surface area contributed by atoms with Gasteiger partial charge in [-0.15, -0.1) is 0 Å². The molecule has 0 radical (unpaired) electrons. The van der Waals surface area contributed by atoms with Crippen molar-refractivity contribution in [3.63, 3.8) is 0 Å². The summed E-state index contributed by atoms with van der Waals surface area (Å²) in [5.41, 5.74) is -3.91. The molecule has 2 rings (SSSR count). The van der Waals surface area contributed by atoms with E-state index in [9.17, 15) is 43.3 Å². The lowest BCUT2D eigenvalue weighted by atomic mass is 9.93. The first-order valence-corrected chi connectivity index (χ1v) is 12.9. The Morgan fingerprint density at radius 1 is 1.16 bits per heavy atom. The summed E-state index contributed by atoms with van der Waals surface area (Å²) in [4.78, 5) is 61.2. The quantitative estimate of drug-likeness (QED) is 0.214. The third-order valence-corrected chi connectivity index (χ3v) is 8.10. The zero-order valence-corrected chi connectivity index (χ0v) is 18.8. The van der Waals surface area contributed by atoms with E-state index in [4.69, 9.17) is 14.5 Å². The van der Waals surface area contributed by atoms with Gasteiger partial charge in [-0.3, -0.25) is 18.9 Å². The number of aromatic amines is 1. The van der Waals surface area contributed by atoms with Gasteiger partial charge < -0.3 is 34.5 Å². The molecule has 1 aliphatic heterocycles. The average molecular weight is 524 g/mol. The van der Waals surface area contributed by atoms with Gasteiger partial charge in [-0.25, -0.2) is 18.5 Å². The molecule has 2 heterocycles. The highest BCUT2D eigenvalue weighted by Crippen LogP contribution is 2.67. The molecule has 0 spiro atoms. The maximum Gasteiger partial charge on any atom is 0.490 e. The van der Waals surface area contributed by atoms with Gasteiger partial charge in [0.25, 0.3) is 5.56 Å². The van der Waals surface area contributed by atoms with E-state index in [2.05, 4.69) is 13.1 Å². The number of aliphatic hydroxyl groups excluding tert-OH is 2. The smallest absolute Gasteiger partial charge is 0.490 e. The SMILES string of the molecule is CC[C@]1(C(C)OP(=O)(O)OP(=O)(O)OP(=O)(O)O)O[C@@H](n2ccc(=O)[nH]c2=O)C(O)=C1O. The first-order valence-electron chi connectivity index (χ1n) is 8.37. The molecular weight excluding hydrogens is 505 g/mol. The number of phosphoric acid groups is 3. The summed E-state index contributed by atoms with van der Waals surface area (Å²) >= 11 is 0. The van der Waals surface area contributed by atoms with E-state index in [1.165, 1.54) is 6.92 Å². The lowest BCUT2D eigenvalue weighted by Gasteiger charge is -2.34. The molecule has 0 amide bonds. The van der Waals surface area contributed by atoms with E-state index in [-0.39, 0.29) is 6.42 Å². The van der Waals surface area contributed by atoms with E-state index in [0.29, 0.717) is 4.57 Å². The summed E-state index contributed by atoms with van der Waals surface area (Å²) in [6, 6.07) is 0.913. The number of nitrogens with zero attached hydrogens (tertiary/aromatic N) is 1. The summed E-state index contributed by atoms with van der Waals surface area (Å²) in [7, 11) is -17.0. The van der Waals surface area contributed by atoms with Crippen molar-refractivity contribution in [2.45, 2.75) is 38.2 Å². The number of phosphoric ester groups is 1. The Hall–Kier alpha value is -1.61. The fourth-order valence-electron chi connectivity index (χ4n) is 2.86. The fraction of sp³-hybridized carbons (Fsp3) is 0.500. The molecule has 182 valence electrons. The third kappa shape index (κ3) is 5.84. The molecule has 5 atom stereocenters. The van der Waals surface area contributed by atoms with Crippen molar-refractivity contribution < 1.29 is 61.4 Å². The summed E-state index contributed by atoms with van der Waals surface area (Å²) in [6.45, 7) is 2.39. The van der Waals surface area contributed by atoms with Gasteiger partial charge in [0.2, 0.25) is 6.23 Å². The second kappa shape index (κ2) is 8.97. The number of aliphatic hydroxyl groups is 2. The number of hydrogen-bond acceptors (Lipinski definition) is 11. The van der Waals surface area contributed by atoms with Crippen molar-refractivity contribution in [1.29, 1.82) is 0 Å². The van der Waals surface area contributed by atoms with E-state index < -0.39 is 64.2 Å². The number of ether oxygens (including phenoxy) is 1. The topological polar surface area (TPSA) is 264 Å². The van der Waals surface area contributed by atoms with Gasteiger partial charge in [0.1, 0.15) is 6.10 Å². The van der Waals surface area contributed by atoms with Crippen LogP contribution in [0.3, 0.4) is 0 Å². The molecule has 0 aromatic carbocycles. The van der Waals surface area contributed by atoms with Crippen LogP contribution in [0.4, 0.5) is 0 Å². The van der Waals surface area contributed by atoms with Gasteiger partial charge in [-0.05, 0) is 13.3 Å². The highest BCUT2D eigenvalue weighted by atomic mass is 31.3. The maximum atomic E-state index is 12.1. The lowest BCUT2D eigenvalue weighted by Crippen LogP contribution is -2.44. The van der Waals surface area contributed by atoms with E-state index in [1.54, 1.807) is 0 Å². The molecule has 17 nitrogen and oxygen atoms in total. The Bertz CT molecular complexity index is 1170. The number of H-pyrrole nitrogens is 1. The van der Waals surface area contributed by atoms with Gasteiger partial charge in [0.05, 0.1) is 0 Å². The summed E-state index contributed by atoms with van der Waals surface area (Å²) in [5, 5.41) is 20.7. The van der Waals surface area contributed by atoms with Gasteiger partial charge in [0.15, 0.2) is 17.1 Å². The normalized spacial score (nSPS) is 26.5. The van der Waals surface area contributed by atoms with Crippen molar-refractivity contribution in [3.8, 4) is 0 Å². The molecule has 0 bridgehead atoms. The molecule has 1 aromatic heterocycles. The zero-order valence-electron chi connectivity index (χ0n) is 16.2. The van der Waals surface area contributed by atoms with Crippen LogP contribution in [0.15, 0.2) is 33.4 Å². The second-order valence-electron chi connectivity index (χ2n) is 6.30. The molecule has 1 aliphatic rings. The molecule has 0 saturated carbocycles. The minimum absolute atomic E-state index is 0.269. The van der Waals surface area contributed by atoms with Crippen LogP contribution in [-0.4, -0.2) is 51.0 Å². The number of hydrogen-bond donors (Lipinski definition) is 7. The lowest BCUT2D eigenvalue weighted by molar-refractivity contribution is -0.136. The Morgan fingerprint density at radius 3 is 2.25 bits per heavy atom. The van der Waals surface area contributed by atoms with Crippen LogP contribution in [0.25, 0.3) is 0 Å². The minimum atomic E-state index is -5.80. The third-order valence-electron chi connectivity index (χ3n) is 4.19. The second-order valence-corrected chi connectivity index (χ2v) is 10.7. The van der Waals surface area contributed by atoms with Crippen molar-refractivity contribution in [2.24, 2.45) is 0 Å². The fourth-order valence-corrected chi connectivity index (χ4v) is 6.09. The van der Waals surface area contributed by atoms with Crippen LogP contribution in [0.1, 0.15) is 26.5 Å². The zero-order chi connectivity index (χ0) is 24.7. The Labute approximate surface area is 177 Å². The molecular formula is C12H19N2O15P3. The number of aromatic nitrogens is 2. The minimum Gasteiger partial charge on any atom is -0.506 e. The Kier molecular flexibility index (Phi) is 7.47. The molecule has 0 aliphatic carbocycles. The monoisotopic (exact) mass is 524 g/mol. The van der Waals surface area contributed by atoms with Crippen molar-refractivity contribution >= 4 is 23.5 Å². The summed E-state index contributed by atoms with van der Waals surface area (Å²) in [6.07, 6.45) is -2.78. The first kappa shape index (κ1) is 26.6. The summed E-state index contributed by atoms with van der Waals surface area (Å²) in [5.74, 6) is -1.85. The van der Waals surface area contributed by atoms with Gasteiger partial charge >= 0.3 is 29.2 Å². The number of nitrogens with one attached hydrogen (secondary N) is 1. The van der Waals surface area contributed by atoms with E-state index in [1.807, 2.05) is 4.98 Å². The highest BCUT2D eigenvalue weighted by Gasteiger charge is 2.55. The standard InChI is InChI=1S/C12H19N2O15P3/c1-3-12(6(2)27-31(22,23)29-32(24,25)28-30(19,20)21)9(17)8(16)10(26-12)14-5-4-7(15)13-11(14)18/h4-6,10,16-17H,3H2,1-2H3,(H,22,23)(H,24,25)(H,13,15,18)(H2,19,20,21)/t6?,10-,12-/m1/s1. The Morgan fingerprint density at radius 2 is 1.75 bits per heavy atom. The van der Waals surface area contributed by atoms with Gasteiger partial charge in [-0.1, -0.05) is 6.92 Å². The van der Waals surface area contributed by atoms with Crippen LogP contribution in [0, 0.1) is 0 Å². The van der Waals surface area contributed by atoms with Crippen LogP contribution < -0.4 is 11.2 Å². The van der Waals surface area contributed by atoms with Crippen LogP contribution in [-0.2, 0) is 31.6 Å². The molecule has 32 heavy (non-hydrogen) atoms. The van der Waals surface area contributed by atoms with Gasteiger partial charge in [-0.2, -0.15) is 8.62 Å². The molecule has 1 aromatic rings. The number of rotatable bonds is 9. The maximum absolute atomic E-state index is 12.1. The molecule has 0 saturated heterocycles. The Balaban J connectivity index is 2.33. The van der Waals surface area contributed by atoms with E-state index >= 15 is 0 Å². The predicted octanol–water partition coefficient (Wildman–Crippen LogP) is 0.274. The molecule has 20 heteroatoms. The van der Waals surface area contributed by atoms with Crippen LogP contribution >= 0.6 is 23.5 Å². The van der Waals surface area contributed by atoms with Crippen molar-refractivity contribution in [3.05, 3.63) is 44.6 Å². The average Bonchev–Trinajstić information content (AvgIpc) is 2.84. The first-order chi connectivity index (χ1) is 14.4. The van der Waals surface area contributed by atoms with Crippen LogP contribution in [0.2, 0.25) is 0 Å². The van der Waals surface area contributed by atoms with E-state index in [0.717, 1.165) is 19.2 Å². The largest absolute Gasteiger partial charge is 0.506 e. The van der Waals surface area contributed by atoms with Crippen molar-refractivity contribution in [2.75, 3.05) is 0 Å². The van der Waals surface area contributed by atoms with Crippen LogP contribution in [0.5, 0.6) is 0 Å². The molecule has 0 fully saturated rings. The van der Waals surface area contributed by atoms with Gasteiger partial charge in [0, 0.05) is 12.3 Å².